The molecule has 68 valence electrons. The lowest BCUT2D eigenvalue weighted by Gasteiger charge is -2.24. The lowest BCUT2D eigenvalue weighted by atomic mass is 10.1. The highest BCUT2D eigenvalue weighted by molar-refractivity contribution is 4.63. The Balaban J connectivity index is 0.000000461. The number of rotatable bonds is 2. The molecule has 0 saturated carbocycles. The van der Waals surface area contributed by atoms with Gasteiger partial charge in [-0.3, -0.25) is 0 Å². The van der Waals surface area contributed by atoms with Gasteiger partial charge in [0.15, 0.2) is 0 Å². The van der Waals surface area contributed by atoms with Gasteiger partial charge in [0.25, 0.3) is 0 Å². The van der Waals surface area contributed by atoms with Crippen LogP contribution in [0.15, 0.2) is 0 Å². The summed E-state index contributed by atoms with van der Waals surface area (Å²) in [5.41, 5.74) is 0. The molecule has 1 saturated heterocycles. The molecule has 0 radical (unpaired) electrons. The van der Waals surface area contributed by atoms with Gasteiger partial charge < -0.3 is 4.90 Å². The molecule has 0 aromatic rings. The van der Waals surface area contributed by atoms with Crippen molar-refractivity contribution in [3.63, 3.8) is 0 Å². The first-order valence-electron chi connectivity index (χ1n) is 4.72. The van der Waals surface area contributed by atoms with E-state index in [1.165, 1.54) is 19.3 Å². The van der Waals surface area contributed by atoms with E-state index in [9.17, 15) is 4.39 Å². The molecule has 0 aromatic carbocycles. The molecule has 11 heavy (non-hydrogen) atoms. The third-order valence-corrected chi connectivity index (χ3v) is 1.85. The predicted octanol–water partition coefficient (Wildman–Crippen LogP) is 2.47. The summed E-state index contributed by atoms with van der Waals surface area (Å²) in [7, 11) is 0. The van der Waals surface area contributed by atoms with Gasteiger partial charge in [0.1, 0.15) is 6.67 Å². The fourth-order valence-corrected chi connectivity index (χ4v) is 1.30. The topological polar surface area (TPSA) is 3.24 Å². The van der Waals surface area contributed by atoms with Gasteiger partial charge in [-0.15, -0.1) is 0 Å². The maximum absolute atomic E-state index is 11.7. The number of piperidine rings is 1. The van der Waals surface area contributed by atoms with Gasteiger partial charge in [-0.25, -0.2) is 4.39 Å². The van der Waals surface area contributed by atoms with Crippen LogP contribution < -0.4 is 0 Å². The van der Waals surface area contributed by atoms with Crippen LogP contribution in [0.3, 0.4) is 0 Å². The number of likely N-dealkylation sites (tertiary alicyclic amines) is 1. The zero-order chi connectivity index (χ0) is 8.53. The number of nitrogens with zero attached hydrogens (tertiary/aromatic N) is 1. The van der Waals surface area contributed by atoms with E-state index in [0.717, 1.165) is 13.1 Å². The van der Waals surface area contributed by atoms with Crippen molar-refractivity contribution in [2.24, 2.45) is 0 Å². The molecule has 0 amide bonds. The first-order chi connectivity index (χ1) is 5.43. The zero-order valence-corrected chi connectivity index (χ0v) is 7.77. The Kier molecular flexibility index (Phi) is 7.91. The Morgan fingerprint density at radius 1 is 1.09 bits per heavy atom. The smallest absolute Gasteiger partial charge is 0.102 e. The number of halogens is 1. The molecule has 1 aliphatic heterocycles. The molecule has 2 heteroatoms. The molecule has 1 nitrogen and oxygen atoms in total. The van der Waals surface area contributed by atoms with E-state index in [4.69, 9.17) is 0 Å². The summed E-state index contributed by atoms with van der Waals surface area (Å²) < 4.78 is 11.7. The minimum atomic E-state index is -0.181. The highest BCUT2D eigenvalue weighted by atomic mass is 19.1. The molecule has 0 bridgehead atoms. The summed E-state index contributed by atoms with van der Waals surface area (Å²) in [6.45, 7) is 6.70. The Morgan fingerprint density at radius 2 is 1.64 bits per heavy atom. The summed E-state index contributed by atoms with van der Waals surface area (Å²) in [4.78, 5) is 2.20. The first-order valence-corrected chi connectivity index (χ1v) is 4.72. The SMILES string of the molecule is CC.FCCN1CCCCC1. The summed E-state index contributed by atoms with van der Waals surface area (Å²) in [5, 5.41) is 0. The van der Waals surface area contributed by atoms with E-state index in [1.807, 2.05) is 13.8 Å². The fraction of sp³-hybridized carbons (Fsp3) is 1.00. The Labute approximate surface area is 69.6 Å². The predicted molar refractivity (Wildman–Crippen MR) is 47.6 cm³/mol. The molecular weight excluding hydrogens is 141 g/mol. The maximum atomic E-state index is 11.7. The van der Waals surface area contributed by atoms with E-state index < -0.39 is 0 Å². The lowest BCUT2D eigenvalue weighted by Crippen LogP contribution is -2.31. The molecule has 0 atom stereocenters. The summed E-state index contributed by atoms with van der Waals surface area (Å²) in [6.07, 6.45) is 3.86. The van der Waals surface area contributed by atoms with Gasteiger partial charge in [0.2, 0.25) is 0 Å². The van der Waals surface area contributed by atoms with Crippen molar-refractivity contribution in [3.8, 4) is 0 Å². The van der Waals surface area contributed by atoms with Gasteiger partial charge in [-0.2, -0.15) is 0 Å². The summed E-state index contributed by atoms with van der Waals surface area (Å²) >= 11 is 0. The van der Waals surface area contributed by atoms with Crippen molar-refractivity contribution in [2.45, 2.75) is 33.1 Å². The van der Waals surface area contributed by atoms with Crippen LogP contribution in [0.5, 0.6) is 0 Å². The molecule has 0 N–H and O–H groups in total. The molecule has 1 heterocycles. The molecule has 1 aliphatic rings. The molecule has 0 spiro atoms. The Morgan fingerprint density at radius 3 is 2.09 bits per heavy atom. The second-order valence-corrected chi connectivity index (χ2v) is 2.59. The molecule has 1 rings (SSSR count). The van der Waals surface area contributed by atoms with Crippen molar-refractivity contribution in [2.75, 3.05) is 26.3 Å². The monoisotopic (exact) mass is 161 g/mol. The Bertz CT molecular complexity index is 67.2. The average Bonchev–Trinajstić information content (AvgIpc) is 2.11. The highest BCUT2D eigenvalue weighted by Crippen LogP contribution is 2.07. The van der Waals surface area contributed by atoms with Crippen LogP contribution in [0.4, 0.5) is 4.39 Å². The van der Waals surface area contributed by atoms with Crippen molar-refractivity contribution in [3.05, 3.63) is 0 Å². The zero-order valence-electron chi connectivity index (χ0n) is 7.77. The average molecular weight is 161 g/mol. The van der Waals surface area contributed by atoms with Crippen LogP contribution in [0.25, 0.3) is 0 Å². The van der Waals surface area contributed by atoms with Gasteiger partial charge in [-0.1, -0.05) is 20.3 Å². The normalized spacial score (nSPS) is 18.8. The van der Waals surface area contributed by atoms with E-state index >= 15 is 0 Å². The third-order valence-electron chi connectivity index (χ3n) is 1.85. The van der Waals surface area contributed by atoms with Crippen molar-refractivity contribution in [1.29, 1.82) is 0 Å². The van der Waals surface area contributed by atoms with E-state index in [0.29, 0.717) is 6.54 Å². The quantitative estimate of drug-likeness (QED) is 0.601. The van der Waals surface area contributed by atoms with Crippen molar-refractivity contribution >= 4 is 0 Å². The van der Waals surface area contributed by atoms with Gasteiger partial charge in [0, 0.05) is 6.54 Å². The molecule has 0 aromatic heterocycles. The highest BCUT2D eigenvalue weighted by Gasteiger charge is 2.07. The molecule has 1 fully saturated rings. The standard InChI is InChI=1S/C7H14FN.C2H6/c8-4-7-9-5-2-1-3-6-9;1-2/h1-7H2;1-2H3. The second-order valence-electron chi connectivity index (χ2n) is 2.59. The number of hydrogen-bond donors (Lipinski definition) is 0. The number of alkyl halides is 1. The third kappa shape index (κ3) is 5.19. The van der Waals surface area contributed by atoms with E-state index in [1.54, 1.807) is 0 Å². The Hall–Kier alpha value is -0.110. The van der Waals surface area contributed by atoms with Crippen LogP contribution in [0.2, 0.25) is 0 Å². The molecular formula is C9H20FN. The number of hydrogen-bond acceptors (Lipinski definition) is 1. The van der Waals surface area contributed by atoms with Crippen molar-refractivity contribution in [1.82, 2.24) is 4.90 Å². The van der Waals surface area contributed by atoms with Crippen molar-refractivity contribution < 1.29 is 4.39 Å². The maximum Gasteiger partial charge on any atom is 0.102 e. The van der Waals surface area contributed by atoms with Gasteiger partial charge in [0.05, 0.1) is 0 Å². The second kappa shape index (κ2) is 7.99. The van der Waals surface area contributed by atoms with E-state index in [-0.39, 0.29) is 6.67 Å². The molecule has 0 aliphatic carbocycles. The largest absolute Gasteiger partial charge is 0.301 e. The first kappa shape index (κ1) is 10.9. The van der Waals surface area contributed by atoms with E-state index in [2.05, 4.69) is 4.90 Å². The molecule has 0 unspecified atom stereocenters. The van der Waals surface area contributed by atoms with Crippen LogP contribution in [-0.2, 0) is 0 Å². The lowest BCUT2D eigenvalue weighted by molar-refractivity contribution is 0.211. The van der Waals surface area contributed by atoms with Crippen LogP contribution in [-0.4, -0.2) is 31.2 Å². The summed E-state index contributed by atoms with van der Waals surface area (Å²) in [6, 6.07) is 0. The van der Waals surface area contributed by atoms with Crippen LogP contribution >= 0.6 is 0 Å². The minimum Gasteiger partial charge on any atom is -0.301 e. The minimum absolute atomic E-state index is 0.181. The van der Waals surface area contributed by atoms with Crippen LogP contribution in [0, 0.1) is 0 Å². The van der Waals surface area contributed by atoms with Gasteiger partial charge in [-0.05, 0) is 25.9 Å². The fourth-order valence-electron chi connectivity index (χ4n) is 1.30. The van der Waals surface area contributed by atoms with Crippen LogP contribution in [0.1, 0.15) is 33.1 Å². The van der Waals surface area contributed by atoms with Gasteiger partial charge >= 0.3 is 0 Å². The summed E-state index contributed by atoms with van der Waals surface area (Å²) in [5.74, 6) is 0.